The monoisotopic (exact) mass is 411 g/mol. The molecule has 20 heavy (non-hydrogen) atoms. The van der Waals surface area contributed by atoms with Crippen LogP contribution in [0.25, 0.3) is 0 Å². The maximum absolute atomic E-state index is 10.6. The fourth-order valence-corrected chi connectivity index (χ4v) is 3.18. The minimum Gasteiger partial charge on any atom is -1.00 e. The number of rotatable bonds is 8. The lowest BCUT2D eigenvalue weighted by atomic mass is 10.1. The molecule has 0 bridgehead atoms. The molecular weight excluding hydrogens is 389 g/mol. The molecule has 0 spiro atoms. The van der Waals surface area contributed by atoms with Crippen molar-refractivity contribution in [3.05, 3.63) is 29.8 Å². The van der Waals surface area contributed by atoms with Crippen LogP contribution >= 0.6 is 0 Å². The number of methoxy groups -OCH3 is 1. The van der Waals surface area contributed by atoms with Crippen LogP contribution in [0.4, 0.5) is 0 Å². The largest absolute Gasteiger partial charge is 1.00 e. The summed E-state index contributed by atoms with van der Waals surface area (Å²) < 4.78 is 5.31. The Bertz CT molecular complexity index is 417. The maximum atomic E-state index is 10.6. The summed E-state index contributed by atoms with van der Waals surface area (Å²) in [4.78, 5) is 10.6. The number of hydrogen-bond acceptors (Lipinski definition) is 3. The van der Waals surface area contributed by atoms with Crippen LogP contribution in [0.15, 0.2) is 24.3 Å². The van der Waals surface area contributed by atoms with Gasteiger partial charge in [-0.3, -0.25) is 4.79 Å². The van der Waals surface area contributed by atoms with Crippen molar-refractivity contribution in [1.82, 2.24) is 0 Å². The van der Waals surface area contributed by atoms with E-state index in [4.69, 9.17) is 15.6 Å². The molecule has 0 amide bonds. The van der Waals surface area contributed by atoms with Gasteiger partial charge in [-0.05, 0) is 22.5 Å². The van der Waals surface area contributed by atoms with Crippen molar-refractivity contribution in [3.63, 3.8) is 0 Å². The smallest absolute Gasteiger partial charge is 0.320 e. The molecule has 0 saturated carbocycles. The van der Waals surface area contributed by atoms with Crippen molar-refractivity contribution < 1.29 is 38.6 Å². The number of carbonyl (C=O) groups is 1. The normalized spacial score (nSPS) is 13.2. The van der Waals surface area contributed by atoms with E-state index < -0.39 is 12.0 Å². The lowest BCUT2D eigenvalue weighted by Gasteiger charge is -2.09. The number of hydrogen-bond donors (Lipinski definition) is 2. The van der Waals surface area contributed by atoms with Gasteiger partial charge in [-0.1, -0.05) is 18.2 Å². The molecule has 6 heteroatoms. The first-order valence-electron chi connectivity index (χ1n) is 6.24. The van der Waals surface area contributed by atoms with Gasteiger partial charge in [-0.2, -0.15) is 0 Å². The molecule has 0 aliphatic heterocycles. The highest BCUT2D eigenvalue weighted by Gasteiger charge is 2.18. The number of nitrogens with two attached hydrogens (primary N) is 1. The highest BCUT2D eigenvalue weighted by Crippen LogP contribution is 2.18. The molecule has 2 atom stereocenters. The van der Waals surface area contributed by atoms with E-state index in [-0.39, 0.29) is 34.9 Å². The first-order chi connectivity index (χ1) is 9.04. The summed E-state index contributed by atoms with van der Waals surface area (Å²) in [6.07, 6.45) is 3.65. The number of ether oxygens (including phenoxy) is 1. The number of benzene rings is 1. The van der Waals surface area contributed by atoms with Crippen LogP contribution in [0.5, 0.6) is 5.75 Å². The van der Waals surface area contributed by atoms with Crippen molar-refractivity contribution in [1.29, 1.82) is 0 Å². The molecule has 1 rings (SSSR count). The number of aryl methyl sites for hydroxylation is 1. The highest BCUT2D eigenvalue weighted by molar-refractivity contribution is 7.96. The maximum Gasteiger partial charge on any atom is 0.320 e. The quantitative estimate of drug-likeness (QED) is 0.395. The van der Waals surface area contributed by atoms with Crippen molar-refractivity contribution in [2.24, 2.45) is 5.73 Å². The first kappa shape index (κ1) is 19.5. The van der Waals surface area contributed by atoms with Gasteiger partial charge in [0.2, 0.25) is 0 Å². The van der Waals surface area contributed by atoms with E-state index in [0.717, 1.165) is 23.7 Å². The molecule has 1 aromatic rings. The van der Waals surface area contributed by atoms with E-state index in [0.29, 0.717) is 6.42 Å². The fraction of sp³-hybridized carbons (Fsp3) is 0.500. The number of carboxylic acids is 1. The molecule has 3 N–H and O–H groups in total. The van der Waals surface area contributed by atoms with Crippen molar-refractivity contribution in [2.75, 3.05) is 24.9 Å². The summed E-state index contributed by atoms with van der Waals surface area (Å²) in [7, 11) is 1.86. The SMILES string of the molecule is COc1ccccc1CC[S+](C)CCC(N)C(=O)O.[I-]. The topological polar surface area (TPSA) is 72.5 Å². The second-order valence-corrected chi connectivity index (χ2v) is 6.86. The molecule has 2 unspecified atom stereocenters. The molecular formula is C14H22INO3S. The van der Waals surface area contributed by atoms with Crippen molar-refractivity contribution >= 4 is 16.9 Å². The summed E-state index contributed by atoms with van der Waals surface area (Å²) in [5.41, 5.74) is 6.70. The highest BCUT2D eigenvalue weighted by atomic mass is 127. The van der Waals surface area contributed by atoms with Gasteiger partial charge in [0.05, 0.1) is 13.4 Å². The summed E-state index contributed by atoms with van der Waals surface area (Å²) in [6.45, 7) is 0. The van der Waals surface area contributed by atoms with Gasteiger partial charge in [-0.15, -0.1) is 0 Å². The molecule has 0 fully saturated rings. The standard InChI is InChI=1S/C14H21NO3S.HI/c1-18-13-6-4-3-5-11(13)7-9-19(2)10-8-12(15)14(16)17;/h3-6,12H,7-10,15H2,1-2H3;1H. The Balaban J connectivity index is 0.00000361. The van der Waals surface area contributed by atoms with E-state index in [1.54, 1.807) is 7.11 Å². The Morgan fingerprint density at radius 1 is 1.40 bits per heavy atom. The van der Waals surface area contributed by atoms with Crippen LogP contribution in [-0.2, 0) is 22.1 Å². The van der Waals surface area contributed by atoms with Crippen molar-refractivity contribution in [3.8, 4) is 5.75 Å². The second-order valence-electron chi connectivity index (χ2n) is 4.48. The number of halogens is 1. The zero-order valence-electron chi connectivity index (χ0n) is 11.8. The Hall–Kier alpha value is -0.470. The number of para-hydroxylation sites is 1. The van der Waals surface area contributed by atoms with Crippen molar-refractivity contribution in [2.45, 2.75) is 18.9 Å². The molecule has 1 aromatic carbocycles. The molecule has 0 heterocycles. The van der Waals surface area contributed by atoms with Gasteiger partial charge in [0.1, 0.15) is 23.3 Å². The van der Waals surface area contributed by atoms with Gasteiger partial charge in [0.15, 0.2) is 0 Å². The first-order valence-corrected chi connectivity index (χ1v) is 8.21. The Labute approximate surface area is 140 Å². The van der Waals surface area contributed by atoms with Crippen LogP contribution in [0.1, 0.15) is 12.0 Å². The predicted molar refractivity (Wildman–Crippen MR) is 79.9 cm³/mol. The Morgan fingerprint density at radius 2 is 2.05 bits per heavy atom. The van der Waals surface area contributed by atoms with Gasteiger partial charge in [0.25, 0.3) is 0 Å². The molecule has 0 aliphatic rings. The van der Waals surface area contributed by atoms with Crippen LogP contribution in [0.2, 0.25) is 0 Å². The van der Waals surface area contributed by atoms with E-state index in [1.165, 1.54) is 5.56 Å². The minimum atomic E-state index is -0.915. The third-order valence-electron chi connectivity index (χ3n) is 3.01. The molecule has 0 saturated heterocycles. The molecule has 4 nitrogen and oxygen atoms in total. The summed E-state index contributed by atoms with van der Waals surface area (Å²) in [5, 5.41) is 8.73. The third kappa shape index (κ3) is 6.81. The van der Waals surface area contributed by atoms with Crippen LogP contribution in [0.3, 0.4) is 0 Å². The van der Waals surface area contributed by atoms with Gasteiger partial charge in [0, 0.05) is 12.8 Å². The second kappa shape index (κ2) is 10.3. The zero-order valence-corrected chi connectivity index (χ0v) is 14.8. The van der Waals surface area contributed by atoms with Gasteiger partial charge < -0.3 is 39.6 Å². The minimum absolute atomic E-state index is 0. The molecule has 0 aromatic heterocycles. The van der Waals surface area contributed by atoms with E-state index >= 15 is 0 Å². The van der Waals surface area contributed by atoms with Gasteiger partial charge in [-0.25, -0.2) is 0 Å². The summed E-state index contributed by atoms with van der Waals surface area (Å²) >= 11 is 0. The van der Waals surface area contributed by atoms with Crippen LogP contribution in [-0.4, -0.2) is 42.0 Å². The van der Waals surface area contributed by atoms with E-state index in [9.17, 15) is 4.79 Å². The number of aliphatic carboxylic acids is 1. The fourth-order valence-electron chi connectivity index (χ4n) is 1.75. The average Bonchev–Trinajstić information content (AvgIpc) is 2.42. The summed E-state index contributed by atoms with van der Waals surface area (Å²) in [6, 6.07) is 7.26. The van der Waals surface area contributed by atoms with Crippen LogP contribution < -0.4 is 34.4 Å². The van der Waals surface area contributed by atoms with E-state index in [2.05, 4.69) is 12.3 Å². The lowest BCUT2D eigenvalue weighted by molar-refractivity contribution is -0.138. The number of carboxylic acid groups (broad SMARTS) is 1. The van der Waals surface area contributed by atoms with E-state index in [1.807, 2.05) is 18.2 Å². The van der Waals surface area contributed by atoms with Crippen LogP contribution in [0, 0.1) is 0 Å². The summed E-state index contributed by atoms with van der Waals surface area (Å²) in [5.74, 6) is 1.90. The average molecular weight is 411 g/mol. The Morgan fingerprint density at radius 3 is 2.65 bits per heavy atom. The molecule has 0 radical (unpaired) electrons. The predicted octanol–water partition coefficient (Wildman–Crippen LogP) is -1.71. The Kier molecular flexibility index (Phi) is 10.0. The lowest BCUT2D eigenvalue weighted by Crippen LogP contribution is -3.00. The van der Waals surface area contributed by atoms with Gasteiger partial charge >= 0.3 is 5.97 Å². The zero-order chi connectivity index (χ0) is 14.3. The third-order valence-corrected chi connectivity index (χ3v) is 4.84. The molecule has 0 aliphatic carbocycles. The molecule has 114 valence electrons.